The van der Waals surface area contributed by atoms with Crippen LogP contribution in [0.1, 0.15) is 22.3 Å². The fourth-order valence-corrected chi connectivity index (χ4v) is 5.14. The van der Waals surface area contributed by atoms with E-state index < -0.39 is 23.8 Å². The maximum atomic E-state index is 12.9. The molecule has 0 radical (unpaired) electrons. The van der Waals surface area contributed by atoms with Gasteiger partial charge >= 0.3 is 11.9 Å². The van der Waals surface area contributed by atoms with E-state index in [1.165, 1.54) is 0 Å². The summed E-state index contributed by atoms with van der Waals surface area (Å²) in [5.74, 6) is -4.92. The zero-order valence-electron chi connectivity index (χ0n) is 19.4. The van der Waals surface area contributed by atoms with Gasteiger partial charge in [0.05, 0.1) is 0 Å². The van der Waals surface area contributed by atoms with Crippen LogP contribution in [-0.4, -0.2) is 22.2 Å². The van der Waals surface area contributed by atoms with Crippen molar-refractivity contribution in [2.75, 3.05) is 0 Å². The van der Waals surface area contributed by atoms with E-state index in [1.807, 2.05) is 121 Å². The molecule has 2 atom stereocenters. The fraction of sp³-hybridized carbons (Fsp3) is 0.0625. The number of hydrogen-bond acceptors (Lipinski definition) is 2. The molecule has 2 N–H and O–H groups in total. The molecule has 0 aromatic heterocycles. The van der Waals surface area contributed by atoms with Gasteiger partial charge in [-0.2, -0.15) is 0 Å². The monoisotopic (exact) mass is 472 g/mol. The Morgan fingerprint density at radius 1 is 0.417 bits per heavy atom. The van der Waals surface area contributed by atoms with Gasteiger partial charge in [-0.05, 0) is 44.5 Å². The molecule has 4 heteroatoms. The fourth-order valence-electron chi connectivity index (χ4n) is 5.14. The average molecular weight is 473 g/mol. The highest BCUT2D eigenvalue weighted by atomic mass is 16.4. The highest BCUT2D eigenvalue weighted by Gasteiger charge is 2.46. The van der Waals surface area contributed by atoms with Crippen LogP contribution in [0.5, 0.6) is 0 Å². The maximum Gasteiger partial charge on any atom is 0.312 e. The van der Waals surface area contributed by atoms with Crippen LogP contribution >= 0.6 is 0 Å². The number of allylic oxidation sites excluding steroid dienone is 2. The van der Waals surface area contributed by atoms with Crippen molar-refractivity contribution >= 4 is 34.2 Å². The topological polar surface area (TPSA) is 74.6 Å². The lowest BCUT2D eigenvalue weighted by molar-refractivity contribution is -0.149. The predicted octanol–water partition coefficient (Wildman–Crippen LogP) is 6.62. The summed E-state index contributed by atoms with van der Waals surface area (Å²) in [6.45, 7) is 0. The average Bonchev–Trinajstić information content (AvgIpc) is 2.93. The van der Waals surface area contributed by atoms with Crippen LogP contribution in [0.25, 0.3) is 22.3 Å². The molecule has 0 saturated heterocycles. The Bertz CT molecular complexity index is 1340. The van der Waals surface area contributed by atoms with Gasteiger partial charge in [-0.1, -0.05) is 121 Å². The van der Waals surface area contributed by atoms with E-state index in [4.69, 9.17) is 0 Å². The van der Waals surface area contributed by atoms with Crippen molar-refractivity contribution in [3.63, 3.8) is 0 Å². The van der Waals surface area contributed by atoms with E-state index in [-0.39, 0.29) is 0 Å². The van der Waals surface area contributed by atoms with Gasteiger partial charge in [-0.15, -0.1) is 0 Å². The first-order valence-corrected chi connectivity index (χ1v) is 11.7. The van der Waals surface area contributed by atoms with Gasteiger partial charge in [-0.25, -0.2) is 0 Å². The van der Waals surface area contributed by atoms with Gasteiger partial charge in [0, 0.05) is 0 Å². The summed E-state index contributed by atoms with van der Waals surface area (Å²) >= 11 is 0. The lowest BCUT2D eigenvalue weighted by Crippen LogP contribution is -2.35. The molecule has 1 aliphatic carbocycles. The lowest BCUT2D eigenvalue weighted by atomic mass is 9.65. The summed E-state index contributed by atoms with van der Waals surface area (Å²) in [5, 5.41) is 21.1. The third-order valence-corrected chi connectivity index (χ3v) is 6.57. The normalized spacial score (nSPS) is 17.7. The third kappa shape index (κ3) is 4.14. The van der Waals surface area contributed by atoms with Crippen molar-refractivity contribution in [1.29, 1.82) is 0 Å². The summed E-state index contributed by atoms with van der Waals surface area (Å²) in [7, 11) is 0. The van der Waals surface area contributed by atoms with Crippen molar-refractivity contribution in [2.24, 2.45) is 11.8 Å². The number of carboxylic acids is 2. The zero-order chi connectivity index (χ0) is 25.1. The van der Waals surface area contributed by atoms with Crippen molar-refractivity contribution in [2.45, 2.75) is 0 Å². The molecule has 1 aliphatic rings. The number of carbonyl (C=O) groups is 2. The SMILES string of the molecule is O=C(O)C1C(c2ccccc2)=C(c2ccccc2)C(c2ccccc2)=C(c2ccccc2)C1C(=O)O. The van der Waals surface area contributed by atoms with E-state index in [1.54, 1.807) is 0 Å². The molecule has 0 spiro atoms. The molecule has 4 aromatic carbocycles. The van der Waals surface area contributed by atoms with Crippen molar-refractivity contribution in [1.82, 2.24) is 0 Å². The first-order chi connectivity index (χ1) is 17.6. The molecule has 176 valence electrons. The zero-order valence-corrected chi connectivity index (χ0v) is 19.4. The molecule has 4 aromatic rings. The largest absolute Gasteiger partial charge is 0.481 e. The van der Waals surface area contributed by atoms with Crippen LogP contribution in [0, 0.1) is 11.8 Å². The van der Waals surface area contributed by atoms with E-state index in [0.29, 0.717) is 22.3 Å². The Morgan fingerprint density at radius 2 is 0.667 bits per heavy atom. The minimum atomic E-state index is -1.29. The summed E-state index contributed by atoms with van der Waals surface area (Å²) in [4.78, 5) is 25.9. The molecule has 0 aliphatic heterocycles. The van der Waals surface area contributed by atoms with Gasteiger partial charge in [0.2, 0.25) is 0 Å². The second-order valence-electron chi connectivity index (χ2n) is 8.67. The van der Waals surface area contributed by atoms with E-state index >= 15 is 0 Å². The van der Waals surface area contributed by atoms with Crippen LogP contribution in [0.4, 0.5) is 0 Å². The molecule has 2 unspecified atom stereocenters. The number of rotatable bonds is 6. The van der Waals surface area contributed by atoms with E-state index in [9.17, 15) is 19.8 Å². The van der Waals surface area contributed by atoms with E-state index in [0.717, 1.165) is 22.3 Å². The molecule has 0 bridgehead atoms. The van der Waals surface area contributed by atoms with Gasteiger partial charge in [0.15, 0.2) is 0 Å². The summed E-state index contributed by atoms with van der Waals surface area (Å²) in [6.07, 6.45) is 0. The highest BCUT2D eigenvalue weighted by molar-refractivity contribution is 6.28. The van der Waals surface area contributed by atoms with Crippen LogP contribution in [0.3, 0.4) is 0 Å². The van der Waals surface area contributed by atoms with Gasteiger partial charge in [0.1, 0.15) is 11.8 Å². The summed E-state index contributed by atoms with van der Waals surface area (Å²) in [6, 6.07) is 37.8. The predicted molar refractivity (Wildman–Crippen MR) is 142 cm³/mol. The minimum Gasteiger partial charge on any atom is -0.481 e. The molecule has 4 nitrogen and oxygen atoms in total. The first-order valence-electron chi connectivity index (χ1n) is 11.7. The van der Waals surface area contributed by atoms with Crippen molar-refractivity contribution in [3.8, 4) is 0 Å². The second-order valence-corrected chi connectivity index (χ2v) is 8.67. The second kappa shape index (κ2) is 9.88. The van der Waals surface area contributed by atoms with Crippen LogP contribution < -0.4 is 0 Å². The number of benzene rings is 4. The van der Waals surface area contributed by atoms with Crippen LogP contribution in [0.2, 0.25) is 0 Å². The standard InChI is InChI=1S/C32H24O4/c33-31(34)29-27(23-17-9-3-10-18-23)25(21-13-5-1-6-14-21)26(22-15-7-2-8-16-22)28(30(29)32(35)36)24-19-11-4-12-20-24/h1-20,29-30H,(H,33,34)(H,35,36). The van der Waals surface area contributed by atoms with Gasteiger partial charge < -0.3 is 10.2 Å². The van der Waals surface area contributed by atoms with Crippen LogP contribution in [-0.2, 0) is 9.59 Å². The molecule has 36 heavy (non-hydrogen) atoms. The molecule has 0 heterocycles. The van der Waals surface area contributed by atoms with Crippen molar-refractivity contribution in [3.05, 3.63) is 144 Å². The Kier molecular flexibility index (Phi) is 6.33. The Labute approximate surface area is 209 Å². The number of aliphatic carboxylic acids is 2. The molecular formula is C32H24O4. The number of carboxylic acid groups (broad SMARTS) is 2. The Hall–Kier alpha value is -4.70. The highest BCUT2D eigenvalue weighted by Crippen LogP contribution is 2.54. The molecule has 0 saturated carbocycles. The third-order valence-electron chi connectivity index (χ3n) is 6.57. The molecule has 0 amide bonds. The minimum absolute atomic E-state index is 0.500. The number of hydrogen-bond donors (Lipinski definition) is 2. The van der Waals surface area contributed by atoms with Crippen molar-refractivity contribution < 1.29 is 19.8 Å². The quantitative estimate of drug-likeness (QED) is 0.331. The maximum absolute atomic E-state index is 12.9. The van der Waals surface area contributed by atoms with E-state index in [2.05, 4.69) is 0 Å². The van der Waals surface area contributed by atoms with Gasteiger partial charge in [-0.3, -0.25) is 9.59 Å². The lowest BCUT2D eigenvalue weighted by Gasteiger charge is -2.36. The Balaban J connectivity index is 2.02. The first kappa shape index (κ1) is 23.1. The van der Waals surface area contributed by atoms with Gasteiger partial charge in [0.25, 0.3) is 0 Å². The molecule has 0 fully saturated rings. The molecule has 5 rings (SSSR count). The van der Waals surface area contributed by atoms with Crippen LogP contribution in [0.15, 0.2) is 121 Å². The summed E-state index contributed by atoms with van der Waals surface area (Å²) < 4.78 is 0. The summed E-state index contributed by atoms with van der Waals surface area (Å²) in [5.41, 5.74) is 5.51. The molecular weight excluding hydrogens is 448 g/mol. The Morgan fingerprint density at radius 3 is 0.917 bits per heavy atom. The smallest absolute Gasteiger partial charge is 0.312 e.